The van der Waals surface area contributed by atoms with E-state index in [9.17, 15) is 4.79 Å². The van der Waals surface area contributed by atoms with Gasteiger partial charge < -0.3 is 10.2 Å². The van der Waals surface area contributed by atoms with E-state index in [-0.39, 0.29) is 0 Å². The van der Waals surface area contributed by atoms with E-state index < -0.39 is 5.76 Å². The number of nitrogens with zero attached hydrogens (tertiary/aromatic N) is 1. The molecule has 0 aliphatic heterocycles. The molecule has 0 atom stereocenters. The molecule has 0 aliphatic carbocycles. The summed E-state index contributed by atoms with van der Waals surface area (Å²) in [6, 6.07) is 5.56. The molecule has 86 valence electrons. The van der Waals surface area contributed by atoms with Gasteiger partial charge in [-0.2, -0.15) is 0 Å². The van der Waals surface area contributed by atoms with E-state index in [1.54, 1.807) is 6.20 Å². The summed E-state index contributed by atoms with van der Waals surface area (Å²) in [4.78, 5) is 18.8. The summed E-state index contributed by atoms with van der Waals surface area (Å²) in [6.45, 7) is 0.437. The highest BCUT2D eigenvalue weighted by molar-refractivity contribution is 7.15. The summed E-state index contributed by atoms with van der Waals surface area (Å²) < 4.78 is 5.01. The fourth-order valence-corrected chi connectivity index (χ4v) is 2.43. The zero-order valence-electron chi connectivity index (χ0n) is 8.77. The van der Waals surface area contributed by atoms with Crippen molar-refractivity contribution < 1.29 is 4.42 Å². The highest BCUT2D eigenvalue weighted by atomic mass is 32.1. The van der Waals surface area contributed by atoms with Crippen LogP contribution >= 0.6 is 11.3 Å². The van der Waals surface area contributed by atoms with Gasteiger partial charge in [-0.25, -0.2) is 9.78 Å². The van der Waals surface area contributed by atoms with E-state index >= 15 is 0 Å². The van der Waals surface area contributed by atoms with Crippen LogP contribution in [0.4, 0.5) is 0 Å². The van der Waals surface area contributed by atoms with Crippen LogP contribution in [0, 0.1) is 0 Å². The zero-order valence-corrected chi connectivity index (χ0v) is 9.58. The predicted octanol–water partition coefficient (Wildman–Crippen LogP) is 1.70. The largest absolute Gasteiger partial charge is 0.417 e. The highest BCUT2D eigenvalue weighted by Gasteiger charge is 2.06. The average molecular weight is 247 g/mol. The lowest BCUT2D eigenvalue weighted by atomic mass is 10.2. The summed E-state index contributed by atoms with van der Waals surface area (Å²) >= 11 is 1.54. The molecule has 3 aromatic rings. The molecule has 0 saturated carbocycles. The Morgan fingerprint density at radius 1 is 1.47 bits per heavy atom. The Balaban J connectivity index is 2.13. The maximum atomic E-state index is 11.0. The minimum atomic E-state index is -0.441. The first-order valence-corrected chi connectivity index (χ1v) is 5.86. The van der Waals surface area contributed by atoms with E-state index in [1.807, 2.05) is 18.2 Å². The van der Waals surface area contributed by atoms with Crippen molar-refractivity contribution in [3.63, 3.8) is 0 Å². The molecule has 17 heavy (non-hydrogen) atoms. The molecule has 0 spiro atoms. The topological polar surface area (TPSA) is 84.9 Å². The van der Waals surface area contributed by atoms with Crippen LogP contribution in [0.15, 0.2) is 33.6 Å². The number of hydrogen-bond acceptors (Lipinski definition) is 5. The van der Waals surface area contributed by atoms with Gasteiger partial charge in [0, 0.05) is 12.7 Å². The lowest BCUT2D eigenvalue weighted by Gasteiger charge is -1.95. The fourth-order valence-electron chi connectivity index (χ4n) is 1.64. The van der Waals surface area contributed by atoms with Crippen LogP contribution in [-0.4, -0.2) is 9.97 Å². The number of oxazole rings is 1. The van der Waals surface area contributed by atoms with Crippen LogP contribution in [0.3, 0.4) is 0 Å². The number of aromatic amines is 1. The summed E-state index contributed by atoms with van der Waals surface area (Å²) in [5.74, 6) is -0.441. The van der Waals surface area contributed by atoms with Gasteiger partial charge in [-0.3, -0.25) is 4.98 Å². The molecule has 2 aromatic heterocycles. The Bertz CT molecular complexity index is 725. The smallest absolute Gasteiger partial charge is 0.408 e. The van der Waals surface area contributed by atoms with Gasteiger partial charge in [-0.1, -0.05) is 6.07 Å². The van der Waals surface area contributed by atoms with Crippen molar-refractivity contribution in [2.45, 2.75) is 6.54 Å². The summed E-state index contributed by atoms with van der Waals surface area (Å²) in [5.41, 5.74) is 7.74. The van der Waals surface area contributed by atoms with Crippen molar-refractivity contribution in [3.8, 4) is 10.4 Å². The standard InChI is InChI=1S/C11H9N3O2S/c12-4-10-13-5-9(17-10)6-1-2-7-8(3-6)16-11(15)14-7/h1-3,5H,4,12H2,(H,14,15). The van der Waals surface area contributed by atoms with E-state index in [1.165, 1.54) is 11.3 Å². The maximum absolute atomic E-state index is 11.0. The van der Waals surface area contributed by atoms with E-state index in [0.717, 1.165) is 15.4 Å². The second kappa shape index (κ2) is 3.83. The van der Waals surface area contributed by atoms with Gasteiger partial charge >= 0.3 is 5.76 Å². The number of nitrogens with two attached hydrogens (primary N) is 1. The molecule has 0 amide bonds. The predicted molar refractivity (Wildman–Crippen MR) is 65.8 cm³/mol. The lowest BCUT2D eigenvalue weighted by molar-refractivity contribution is 0.555. The van der Waals surface area contributed by atoms with E-state index in [4.69, 9.17) is 10.2 Å². The molecule has 0 bridgehead atoms. The monoisotopic (exact) mass is 247 g/mol. The van der Waals surface area contributed by atoms with Gasteiger partial charge in [-0.05, 0) is 17.7 Å². The Hall–Kier alpha value is -1.92. The van der Waals surface area contributed by atoms with Gasteiger partial charge in [0.2, 0.25) is 0 Å². The van der Waals surface area contributed by atoms with Crippen molar-refractivity contribution in [3.05, 3.63) is 40.0 Å². The van der Waals surface area contributed by atoms with Gasteiger partial charge in [-0.15, -0.1) is 11.3 Å². The molecule has 1 aromatic carbocycles. The van der Waals surface area contributed by atoms with Crippen molar-refractivity contribution in [1.29, 1.82) is 0 Å². The number of fused-ring (bicyclic) bond motifs is 1. The number of benzene rings is 1. The molecule has 2 heterocycles. The quantitative estimate of drug-likeness (QED) is 0.721. The van der Waals surface area contributed by atoms with E-state index in [0.29, 0.717) is 17.6 Å². The van der Waals surface area contributed by atoms with Gasteiger partial charge in [0.05, 0.1) is 10.4 Å². The molecule has 0 saturated heterocycles. The minimum absolute atomic E-state index is 0.437. The first-order chi connectivity index (χ1) is 8.26. The van der Waals surface area contributed by atoms with Gasteiger partial charge in [0.25, 0.3) is 0 Å². The molecular weight excluding hydrogens is 238 g/mol. The summed E-state index contributed by atoms with van der Waals surface area (Å²) in [5, 5.41) is 0.885. The minimum Gasteiger partial charge on any atom is -0.408 e. The van der Waals surface area contributed by atoms with Crippen LogP contribution in [-0.2, 0) is 6.54 Å². The molecule has 0 unspecified atom stereocenters. The molecule has 3 rings (SSSR count). The molecule has 0 fully saturated rings. The maximum Gasteiger partial charge on any atom is 0.417 e. The Labute approximate surface area is 99.9 Å². The number of hydrogen-bond donors (Lipinski definition) is 2. The first-order valence-electron chi connectivity index (χ1n) is 5.04. The molecule has 6 heteroatoms. The van der Waals surface area contributed by atoms with Gasteiger partial charge in [0.15, 0.2) is 5.58 Å². The molecule has 0 radical (unpaired) electrons. The SMILES string of the molecule is NCc1ncc(-c2ccc3[nH]c(=O)oc3c2)s1. The third-order valence-electron chi connectivity index (χ3n) is 2.43. The summed E-state index contributed by atoms with van der Waals surface area (Å²) in [7, 11) is 0. The molecule has 0 aliphatic rings. The third kappa shape index (κ3) is 1.77. The Morgan fingerprint density at radius 3 is 3.12 bits per heavy atom. The van der Waals surface area contributed by atoms with Crippen LogP contribution in [0.2, 0.25) is 0 Å². The molecule has 3 N–H and O–H groups in total. The van der Waals surface area contributed by atoms with Gasteiger partial charge in [0.1, 0.15) is 5.01 Å². The van der Waals surface area contributed by atoms with Crippen molar-refractivity contribution in [2.75, 3.05) is 0 Å². The average Bonchev–Trinajstić information content (AvgIpc) is 2.92. The summed E-state index contributed by atoms with van der Waals surface area (Å²) in [6.07, 6.45) is 1.78. The first kappa shape index (κ1) is 10.2. The number of thiazole rings is 1. The third-order valence-corrected chi connectivity index (χ3v) is 3.50. The molecular formula is C11H9N3O2S. The number of rotatable bonds is 2. The van der Waals surface area contributed by atoms with E-state index in [2.05, 4.69) is 9.97 Å². The van der Waals surface area contributed by atoms with Crippen molar-refractivity contribution in [1.82, 2.24) is 9.97 Å². The number of aromatic nitrogens is 2. The Kier molecular flexibility index (Phi) is 2.31. The van der Waals surface area contributed by atoms with Crippen LogP contribution in [0.5, 0.6) is 0 Å². The Morgan fingerprint density at radius 2 is 2.35 bits per heavy atom. The second-order valence-electron chi connectivity index (χ2n) is 3.55. The normalized spacial score (nSPS) is 11.1. The van der Waals surface area contributed by atoms with Crippen molar-refractivity contribution >= 4 is 22.4 Å². The number of H-pyrrole nitrogens is 1. The number of nitrogens with one attached hydrogen (secondary N) is 1. The zero-order chi connectivity index (χ0) is 11.8. The second-order valence-corrected chi connectivity index (χ2v) is 4.66. The fraction of sp³-hybridized carbons (Fsp3) is 0.0909. The van der Waals surface area contributed by atoms with Crippen LogP contribution < -0.4 is 11.5 Å². The highest BCUT2D eigenvalue weighted by Crippen LogP contribution is 2.28. The lowest BCUT2D eigenvalue weighted by Crippen LogP contribution is -1.93. The molecule has 5 nitrogen and oxygen atoms in total. The van der Waals surface area contributed by atoms with Crippen molar-refractivity contribution in [2.24, 2.45) is 5.73 Å². The van der Waals surface area contributed by atoms with Crippen LogP contribution in [0.25, 0.3) is 21.5 Å². The van der Waals surface area contributed by atoms with Crippen LogP contribution in [0.1, 0.15) is 5.01 Å².